The summed E-state index contributed by atoms with van der Waals surface area (Å²) in [6.07, 6.45) is -5.12. The Morgan fingerprint density at radius 2 is 1.70 bits per heavy atom. The third-order valence-electron chi connectivity index (χ3n) is 4.96. The first-order valence-electron chi connectivity index (χ1n) is 9.63. The number of amides is 3. The van der Waals surface area contributed by atoms with Crippen LogP contribution in [0, 0.1) is 0 Å². The minimum atomic E-state index is -4.57. The van der Waals surface area contributed by atoms with Gasteiger partial charge in [0.2, 0.25) is 5.91 Å². The zero-order valence-electron chi connectivity index (χ0n) is 17.0. The van der Waals surface area contributed by atoms with Gasteiger partial charge >= 0.3 is 12.3 Å². The Labute approximate surface area is 172 Å². The Morgan fingerprint density at radius 3 is 2.27 bits per heavy atom. The van der Waals surface area contributed by atoms with Gasteiger partial charge in [-0.25, -0.2) is 9.69 Å². The summed E-state index contributed by atoms with van der Waals surface area (Å²) in [5.41, 5.74) is -1.63. The minimum Gasteiger partial charge on any atom is -0.444 e. The second-order valence-electron chi connectivity index (χ2n) is 8.34. The molecule has 0 aromatic heterocycles. The number of hydrogen-bond acceptors (Lipinski definition) is 5. The van der Waals surface area contributed by atoms with Crippen LogP contribution in [0.5, 0.6) is 0 Å². The maximum atomic E-state index is 13.0. The number of piperazine rings is 1. The second kappa shape index (κ2) is 7.90. The molecule has 0 N–H and O–H groups in total. The van der Waals surface area contributed by atoms with Crippen molar-refractivity contribution in [3.05, 3.63) is 29.8 Å². The van der Waals surface area contributed by atoms with Crippen LogP contribution in [-0.2, 0) is 20.5 Å². The van der Waals surface area contributed by atoms with Gasteiger partial charge in [0, 0.05) is 26.2 Å². The van der Waals surface area contributed by atoms with Gasteiger partial charge in [0.15, 0.2) is 0 Å². The first-order chi connectivity index (χ1) is 13.9. The fourth-order valence-electron chi connectivity index (χ4n) is 3.54. The maximum absolute atomic E-state index is 13.0. The Balaban J connectivity index is 1.67. The van der Waals surface area contributed by atoms with Crippen molar-refractivity contribution >= 4 is 23.6 Å². The molecular weight excluding hydrogens is 403 g/mol. The Hall–Kier alpha value is -2.62. The van der Waals surface area contributed by atoms with E-state index >= 15 is 0 Å². The van der Waals surface area contributed by atoms with Crippen LogP contribution in [0.4, 0.5) is 23.7 Å². The van der Waals surface area contributed by atoms with Gasteiger partial charge in [0.25, 0.3) is 5.91 Å². The molecule has 2 fully saturated rings. The molecule has 3 rings (SSSR count). The lowest BCUT2D eigenvalue weighted by atomic mass is 10.1. The van der Waals surface area contributed by atoms with Crippen molar-refractivity contribution in [1.29, 1.82) is 0 Å². The van der Waals surface area contributed by atoms with E-state index in [1.165, 1.54) is 17.0 Å². The Morgan fingerprint density at radius 1 is 1.07 bits per heavy atom. The number of rotatable bonds is 2. The van der Waals surface area contributed by atoms with Crippen LogP contribution in [0.1, 0.15) is 32.8 Å². The van der Waals surface area contributed by atoms with Crippen LogP contribution in [0.25, 0.3) is 0 Å². The van der Waals surface area contributed by atoms with Gasteiger partial charge in [-0.05, 0) is 39.0 Å². The third kappa shape index (κ3) is 4.75. The lowest BCUT2D eigenvalue weighted by molar-refractivity contribution is -0.137. The molecule has 0 unspecified atom stereocenters. The number of halogens is 3. The quantitative estimate of drug-likeness (QED) is 0.679. The van der Waals surface area contributed by atoms with Crippen molar-refractivity contribution in [1.82, 2.24) is 9.80 Å². The van der Waals surface area contributed by atoms with E-state index in [2.05, 4.69) is 0 Å². The Bertz CT molecular complexity index is 842. The van der Waals surface area contributed by atoms with E-state index in [-0.39, 0.29) is 12.1 Å². The normalized spacial score (nSPS) is 21.3. The number of ether oxygens (including phenoxy) is 1. The van der Waals surface area contributed by atoms with Gasteiger partial charge in [-0.15, -0.1) is 0 Å². The number of imide groups is 1. The zero-order chi connectivity index (χ0) is 22.3. The van der Waals surface area contributed by atoms with Crippen molar-refractivity contribution in [3.63, 3.8) is 0 Å². The highest BCUT2D eigenvalue weighted by Crippen LogP contribution is 2.33. The van der Waals surface area contributed by atoms with E-state index in [9.17, 15) is 27.6 Å². The van der Waals surface area contributed by atoms with Gasteiger partial charge in [0.05, 0.1) is 23.7 Å². The topological polar surface area (TPSA) is 70.2 Å². The van der Waals surface area contributed by atoms with E-state index in [4.69, 9.17) is 4.74 Å². The fourth-order valence-corrected chi connectivity index (χ4v) is 3.54. The average Bonchev–Trinajstić information content (AvgIpc) is 2.94. The lowest BCUT2D eigenvalue weighted by Crippen LogP contribution is -2.54. The average molecular weight is 427 g/mol. The van der Waals surface area contributed by atoms with Crippen molar-refractivity contribution in [3.8, 4) is 0 Å². The molecule has 1 atom stereocenters. The molecule has 2 saturated heterocycles. The van der Waals surface area contributed by atoms with Crippen LogP contribution in [0.3, 0.4) is 0 Å². The molecule has 0 aliphatic carbocycles. The largest absolute Gasteiger partial charge is 0.444 e. The monoisotopic (exact) mass is 427 g/mol. The highest BCUT2D eigenvalue weighted by Gasteiger charge is 2.44. The van der Waals surface area contributed by atoms with Crippen molar-refractivity contribution in [2.45, 2.75) is 45.0 Å². The summed E-state index contributed by atoms with van der Waals surface area (Å²) >= 11 is 0. The SMILES string of the molecule is CC(C)(C)OC(=O)N1CCN([C@@H]2CC(=O)N(c3cccc(C(F)(F)F)c3)C2=O)CC1. The molecule has 30 heavy (non-hydrogen) atoms. The molecule has 3 amide bonds. The summed E-state index contributed by atoms with van der Waals surface area (Å²) in [5.74, 6) is -1.09. The van der Waals surface area contributed by atoms with E-state index < -0.39 is 41.3 Å². The minimum absolute atomic E-state index is 0.0882. The van der Waals surface area contributed by atoms with Gasteiger partial charge < -0.3 is 9.64 Å². The molecule has 0 radical (unpaired) electrons. The first kappa shape index (κ1) is 22.1. The summed E-state index contributed by atoms with van der Waals surface area (Å²) in [5, 5.41) is 0. The highest BCUT2D eigenvalue weighted by molar-refractivity contribution is 6.22. The summed E-state index contributed by atoms with van der Waals surface area (Å²) in [6.45, 7) is 6.69. The second-order valence-corrected chi connectivity index (χ2v) is 8.34. The lowest BCUT2D eigenvalue weighted by Gasteiger charge is -2.37. The summed E-state index contributed by atoms with van der Waals surface area (Å²) in [6, 6.07) is 3.42. The van der Waals surface area contributed by atoms with Crippen molar-refractivity contribution < 1.29 is 32.3 Å². The van der Waals surface area contributed by atoms with E-state index in [0.717, 1.165) is 17.0 Å². The number of carbonyl (C=O) groups excluding carboxylic acids is 3. The predicted octanol–water partition coefficient (Wildman–Crippen LogP) is 2.89. The van der Waals surface area contributed by atoms with Gasteiger partial charge in [-0.1, -0.05) is 6.07 Å². The number of benzene rings is 1. The molecule has 2 aliphatic heterocycles. The first-order valence-corrected chi connectivity index (χ1v) is 9.63. The van der Waals surface area contributed by atoms with Crippen molar-refractivity contribution in [2.75, 3.05) is 31.1 Å². The molecule has 1 aromatic carbocycles. The number of alkyl halides is 3. The number of anilines is 1. The van der Waals surface area contributed by atoms with Crippen molar-refractivity contribution in [2.24, 2.45) is 0 Å². The molecule has 2 aliphatic rings. The molecule has 10 heteroatoms. The fraction of sp³-hybridized carbons (Fsp3) is 0.550. The summed E-state index contributed by atoms with van der Waals surface area (Å²) in [7, 11) is 0. The van der Waals surface area contributed by atoms with Crippen LogP contribution < -0.4 is 4.90 Å². The summed E-state index contributed by atoms with van der Waals surface area (Å²) < 4.78 is 44.3. The van der Waals surface area contributed by atoms with E-state index in [1.54, 1.807) is 25.7 Å². The molecular formula is C20H24F3N3O4. The molecule has 0 bridgehead atoms. The van der Waals surface area contributed by atoms with Gasteiger partial charge in [-0.2, -0.15) is 13.2 Å². The van der Waals surface area contributed by atoms with Crippen LogP contribution in [0.15, 0.2) is 24.3 Å². The Kier molecular flexibility index (Phi) is 5.81. The van der Waals surface area contributed by atoms with E-state index in [1.807, 2.05) is 0 Å². The summed E-state index contributed by atoms with van der Waals surface area (Å²) in [4.78, 5) is 41.6. The van der Waals surface area contributed by atoms with Crippen LogP contribution in [-0.4, -0.2) is 65.5 Å². The van der Waals surface area contributed by atoms with E-state index in [0.29, 0.717) is 26.2 Å². The predicted molar refractivity (Wildman–Crippen MR) is 102 cm³/mol. The zero-order valence-corrected chi connectivity index (χ0v) is 17.0. The maximum Gasteiger partial charge on any atom is 0.416 e. The molecule has 164 valence electrons. The molecule has 0 spiro atoms. The number of nitrogens with zero attached hydrogens (tertiary/aromatic N) is 3. The molecule has 1 aromatic rings. The third-order valence-corrected chi connectivity index (χ3v) is 4.96. The number of carbonyl (C=O) groups is 3. The van der Waals surface area contributed by atoms with Gasteiger partial charge in [-0.3, -0.25) is 14.5 Å². The molecule has 0 saturated carbocycles. The highest BCUT2D eigenvalue weighted by atomic mass is 19.4. The smallest absolute Gasteiger partial charge is 0.416 e. The molecule has 7 nitrogen and oxygen atoms in total. The van der Waals surface area contributed by atoms with Crippen LogP contribution >= 0.6 is 0 Å². The number of hydrogen-bond donors (Lipinski definition) is 0. The standard InChI is InChI=1S/C20H24F3N3O4/c1-19(2,3)30-18(29)25-9-7-24(8-10-25)15-12-16(27)26(17(15)28)14-6-4-5-13(11-14)20(21,22)23/h4-6,11,15H,7-10,12H2,1-3H3/t15-/m1/s1. The van der Waals surface area contributed by atoms with Gasteiger partial charge in [0.1, 0.15) is 5.60 Å². The molecule has 2 heterocycles. The van der Waals surface area contributed by atoms with Crippen LogP contribution in [0.2, 0.25) is 0 Å².